The summed E-state index contributed by atoms with van der Waals surface area (Å²) >= 11 is 0. The van der Waals surface area contributed by atoms with Gasteiger partial charge in [0, 0.05) is 77.2 Å². The van der Waals surface area contributed by atoms with Gasteiger partial charge in [0.15, 0.2) is 0 Å². The highest BCUT2D eigenvalue weighted by Gasteiger charge is 2.32. The zero-order chi connectivity index (χ0) is 60.1. The standard InChI is InChI=1S/C32H32N2.C24H31N3.C21H27N3/c1-23(2)28-18-19-31(24(3)22-28)33-20-21-34(25(33)4)32-29(26-12-7-5-8-13-26)16-11-17-30(32)27-14-9-6-10-15-27;1-17-9-8-10-18(2)24(17)22-15-19(3)23(16-25-22)27-14-13-26(20(27)4)21-11-6-5-7-12-21;1-14(2)23-10-11-24(18(23)6)20-13-22-19(12-17(20)5)21-15(3)8-7-9-16(21)4/h5-23,25H,1-4H3;8-10,13-16,20-21H,5-7,11-12H2,1-4H3;7-14,18H,1-6H3/t25-;20-;18-/m011/s1. The topological polar surface area (TPSA) is 45.2 Å². The second-order valence-corrected chi connectivity index (χ2v) is 24.6. The zero-order valence-corrected chi connectivity index (χ0v) is 53.1. The normalized spacial score (nSPS) is 17.5. The number of aryl methyl sites for hydroxylation is 7. The summed E-state index contributed by atoms with van der Waals surface area (Å²) in [5.41, 5.74) is 24.8. The minimum Gasteiger partial charge on any atom is -0.353 e. The number of aromatic nitrogens is 2. The summed E-state index contributed by atoms with van der Waals surface area (Å²) in [6, 6.07) is 53.4. The molecule has 438 valence electrons. The Kier molecular flexibility index (Phi) is 18.5. The third-order valence-electron chi connectivity index (χ3n) is 18.1. The molecule has 0 amide bonds. The van der Waals surface area contributed by atoms with E-state index in [0.717, 1.165) is 11.4 Å². The molecule has 4 aliphatic rings. The van der Waals surface area contributed by atoms with E-state index in [1.165, 1.54) is 133 Å². The maximum atomic E-state index is 4.85. The molecule has 0 bridgehead atoms. The van der Waals surface area contributed by atoms with Crippen LogP contribution in [0.15, 0.2) is 195 Å². The molecule has 8 nitrogen and oxygen atoms in total. The van der Waals surface area contributed by atoms with Crippen LogP contribution in [0, 0.1) is 48.5 Å². The molecule has 85 heavy (non-hydrogen) atoms. The molecule has 3 atom stereocenters. The molecule has 8 aromatic rings. The van der Waals surface area contributed by atoms with E-state index in [0.29, 0.717) is 30.3 Å². The van der Waals surface area contributed by atoms with E-state index < -0.39 is 0 Å². The van der Waals surface area contributed by atoms with E-state index in [1.54, 1.807) is 0 Å². The van der Waals surface area contributed by atoms with Gasteiger partial charge in [-0.3, -0.25) is 9.97 Å². The van der Waals surface area contributed by atoms with Crippen LogP contribution < -0.4 is 19.6 Å². The van der Waals surface area contributed by atoms with Crippen molar-refractivity contribution in [3.63, 3.8) is 0 Å². The number of pyridine rings is 2. The first-order valence-corrected chi connectivity index (χ1v) is 31.1. The van der Waals surface area contributed by atoms with Gasteiger partial charge in [0.05, 0.1) is 40.8 Å². The molecule has 3 aliphatic heterocycles. The lowest BCUT2D eigenvalue weighted by molar-refractivity contribution is 0.187. The fraction of sp³-hybridized carbons (Fsp3) is 0.325. The summed E-state index contributed by atoms with van der Waals surface area (Å²) in [5.74, 6) is 0.530. The van der Waals surface area contributed by atoms with Crippen molar-refractivity contribution in [3.05, 3.63) is 240 Å². The summed E-state index contributed by atoms with van der Waals surface area (Å²) in [5, 5.41) is 0. The van der Waals surface area contributed by atoms with Crippen LogP contribution in [0.25, 0.3) is 44.8 Å². The Morgan fingerprint density at radius 3 is 1.32 bits per heavy atom. The van der Waals surface area contributed by atoms with Crippen LogP contribution in [-0.2, 0) is 0 Å². The summed E-state index contributed by atoms with van der Waals surface area (Å²) in [6.45, 7) is 31.0. The van der Waals surface area contributed by atoms with Gasteiger partial charge in [0.1, 0.15) is 18.5 Å². The summed E-state index contributed by atoms with van der Waals surface area (Å²) in [7, 11) is 0. The first kappa shape index (κ1) is 59.8. The lowest BCUT2D eigenvalue weighted by atomic mass is 9.94. The third kappa shape index (κ3) is 12.7. The maximum Gasteiger partial charge on any atom is 0.107 e. The summed E-state index contributed by atoms with van der Waals surface area (Å²) in [4.78, 5) is 24.0. The van der Waals surface area contributed by atoms with Crippen molar-refractivity contribution >= 4 is 22.7 Å². The highest BCUT2D eigenvalue weighted by Crippen LogP contribution is 2.44. The molecule has 0 N–H and O–H groups in total. The van der Waals surface area contributed by atoms with Gasteiger partial charge in [0.25, 0.3) is 0 Å². The second-order valence-electron chi connectivity index (χ2n) is 24.6. The van der Waals surface area contributed by atoms with Crippen molar-refractivity contribution in [2.45, 2.75) is 166 Å². The monoisotopic (exact) mass is 1130 g/mol. The Balaban J connectivity index is 0.000000144. The van der Waals surface area contributed by atoms with Crippen LogP contribution in [0.2, 0.25) is 0 Å². The van der Waals surface area contributed by atoms with Crippen LogP contribution in [0.3, 0.4) is 0 Å². The summed E-state index contributed by atoms with van der Waals surface area (Å²) < 4.78 is 0. The van der Waals surface area contributed by atoms with E-state index in [4.69, 9.17) is 9.97 Å². The SMILES string of the molecule is Cc1cc(-c2c(C)cccc2C)ncc1N1C=CN(C(C)C)[C@H]1C.Cc1cc(-c2c(C)cccc2C)ncc1N1C=CN(C2CCCCC2)[C@H]1C.Cc1cc(C(C)C)ccc1N1C=CN(c2c(-c3ccccc3)cccc2-c2ccccc2)[C@H]1C. The number of nitrogens with zero attached hydrogens (tertiary/aromatic N) is 8. The number of benzene rings is 6. The largest absolute Gasteiger partial charge is 0.353 e. The molecule has 1 fully saturated rings. The van der Waals surface area contributed by atoms with Gasteiger partial charge in [-0.2, -0.15) is 0 Å². The number of hydrogen-bond donors (Lipinski definition) is 0. The molecule has 12 rings (SSSR count). The Labute approximate surface area is 509 Å². The fourth-order valence-corrected chi connectivity index (χ4v) is 13.3. The van der Waals surface area contributed by atoms with E-state index >= 15 is 0 Å². The van der Waals surface area contributed by atoms with Gasteiger partial charge in [-0.05, 0) is 176 Å². The van der Waals surface area contributed by atoms with Crippen molar-refractivity contribution in [2.24, 2.45) is 0 Å². The number of rotatable bonds is 11. The quantitative estimate of drug-likeness (QED) is 0.127. The third-order valence-corrected chi connectivity index (χ3v) is 18.1. The fourth-order valence-electron chi connectivity index (χ4n) is 13.3. The maximum absolute atomic E-state index is 4.85. The second kappa shape index (κ2) is 26.3. The average molecular weight is 1130 g/mol. The van der Waals surface area contributed by atoms with Gasteiger partial charge < -0.3 is 29.4 Å². The Bertz CT molecular complexity index is 3590. The van der Waals surface area contributed by atoms with Gasteiger partial charge in [-0.25, -0.2) is 0 Å². The van der Waals surface area contributed by atoms with Crippen LogP contribution in [0.4, 0.5) is 22.7 Å². The molecule has 8 heteroatoms. The molecule has 1 aliphatic carbocycles. The smallest absolute Gasteiger partial charge is 0.107 e. The highest BCUT2D eigenvalue weighted by atomic mass is 15.4. The predicted molar refractivity (Wildman–Crippen MR) is 362 cm³/mol. The Morgan fingerprint density at radius 2 is 0.847 bits per heavy atom. The molecule has 1 saturated carbocycles. The molecular formula is C77H90N8. The Hall–Kier alpha value is -8.36. The van der Waals surface area contributed by atoms with Crippen molar-refractivity contribution in [1.82, 2.24) is 19.8 Å². The predicted octanol–water partition coefficient (Wildman–Crippen LogP) is 19.6. The van der Waals surface area contributed by atoms with Crippen molar-refractivity contribution in [1.29, 1.82) is 0 Å². The molecule has 0 spiro atoms. The van der Waals surface area contributed by atoms with Crippen LogP contribution in [-0.4, -0.2) is 50.3 Å². The van der Waals surface area contributed by atoms with Gasteiger partial charge in [-0.15, -0.1) is 0 Å². The van der Waals surface area contributed by atoms with Crippen LogP contribution in [0.1, 0.15) is 131 Å². The van der Waals surface area contributed by atoms with Crippen molar-refractivity contribution in [3.8, 4) is 44.8 Å². The van der Waals surface area contributed by atoms with Gasteiger partial charge in [-0.1, -0.05) is 161 Å². The zero-order valence-electron chi connectivity index (χ0n) is 53.1. The summed E-state index contributed by atoms with van der Waals surface area (Å²) in [6.07, 6.45) is 25.0. The van der Waals surface area contributed by atoms with E-state index in [9.17, 15) is 0 Å². The van der Waals surface area contributed by atoms with Crippen molar-refractivity contribution in [2.75, 3.05) is 19.6 Å². The first-order valence-electron chi connectivity index (χ1n) is 31.1. The van der Waals surface area contributed by atoms with Crippen molar-refractivity contribution < 1.29 is 0 Å². The van der Waals surface area contributed by atoms with E-state index in [-0.39, 0.29) is 6.17 Å². The number of anilines is 4. The number of hydrogen-bond acceptors (Lipinski definition) is 8. The Morgan fingerprint density at radius 1 is 0.400 bits per heavy atom. The average Bonchev–Trinajstić information content (AvgIpc) is 2.89. The molecule has 0 radical (unpaired) electrons. The molecule has 5 heterocycles. The van der Waals surface area contributed by atoms with E-state index in [2.05, 4.69) is 315 Å². The lowest BCUT2D eigenvalue weighted by Crippen LogP contribution is -2.43. The molecule has 0 saturated heterocycles. The minimum atomic E-state index is 0.149. The highest BCUT2D eigenvalue weighted by molar-refractivity contribution is 5.93. The molecule has 2 aromatic heterocycles. The molecule has 6 aromatic carbocycles. The van der Waals surface area contributed by atoms with E-state index in [1.807, 2.05) is 6.20 Å². The van der Waals surface area contributed by atoms with Gasteiger partial charge in [0.2, 0.25) is 0 Å². The van der Waals surface area contributed by atoms with Crippen LogP contribution >= 0.6 is 0 Å². The molecular weight excluding hydrogens is 1040 g/mol. The molecule has 0 unspecified atom stereocenters. The van der Waals surface area contributed by atoms with Gasteiger partial charge >= 0.3 is 0 Å². The minimum absolute atomic E-state index is 0.149. The first-order chi connectivity index (χ1) is 41.0. The number of para-hydroxylation sites is 1. The lowest BCUT2D eigenvalue weighted by Gasteiger charge is -2.37. The van der Waals surface area contributed by atoms with Crippen LogP contribution in [0.5, 0.6) is 0 Å².